The van der Waals surface area contributed by atoms with E-state index in [4.69, 9.17) is 0 Å². The average Bonchev–Trinajstić information content (AvgIpc) is 2.95. The first-order chi connectivity index (χ1) is 7.75. The molecule has 0 atom stereocenters. The van der Waals surface area contributed by atoms with E-state index in [-0.39, 0.29) is 0 Å². The molecule has 0 saturated heterocycles. The van der Waals surface area contributed by atoms with Crippen molar-refractivity contribution in [2.24, 2.45) is 5.92 Å². The molecule has 1 heterocycles. The third kappa shape index (κ3) is 3.59. The van der Waals surface area contributed by atoms with Crippen molar-refractivity contribution in [3.05, 3.63) is 12.2 Å². The molecule has 1 aliphatic carbocycles. The van der Waals surface area contributed by atoms with Crippen LogP contribution in [0.3, 0.4) is 0 Å². The lowest BCUT2D eigenvalue weighted by Crippen LogP contribution is -2.19. The lowest BCUT2D eigenvalue weighted by atomic mass is 10.2. The summed E-state index contributed by atoms with van der Waals surface area (Å²) in [5, 5.41) is 7.79. The number of hydrogen-bond acceptors (Lipinski definition) is 3. The standard InChI is InChI=1S/C12H22N4/c1-10(2)8-16-12(14-9-15-16)4-3-7-13-11-5-6-11/h9-11,13H,3-8H2,1-2H3. The Balaban J connectivity index is 1.72. The van der Waals surface area contributed by atoms with E-state index in [1.165, 1.54) is 12.8 Å². The largest absolute Gasteiger partial charge is 0.314 e. The average molecular weight is 222 g/mol. The molecule has 1 aromatic rings. The fourth-order valence-electron chi connectivity index (χ4n) is 1.82. The Morgan fingerprint density at radius 3 is 3.00 bits per heavy atom. The predicted octanol–water partition coefficient (Wildman–Crippen LogP) is 1.62. The number of aromatic nitrogens is 3. The van der Waals surface area contributed by atoms with Gasteiger partial charge >= 0.3 is 0 Å². The second-order valence-electron chi connectivity index (χ2n) is 5.08. The van der Waals surface area contributed by atoms with Gasteiger partial charge in [-0.15, -0.1) is 0 Å². The molecule has 4 nitrogen and oxygen atoms in total. The summed E-state index contributed by atoms with van der Waals surface area (Å²) in [6.45, 7) is 6.50. The van der Waals surface area contributed by atoms with E-state index in [1.807, 2.05) is 4.68 Å². The van der Waals surface area contributed by atoms with Gasteiger partial charge in [0.1, 0.15) is 12.2 Å². The molecule has 1 N–H and O–H groups in total. The minimum Gasteiger partial charge on any atom is -0.314 e. The van der Waals surface area contributed by atoms with Crippen LogP contribution in [-0.2, 0) is 13.0 Å². The molecule has 1 saturated carbocycles. The normalized spacial score (nSPS) is 15.9. The Labute approximate surface area is 97.5 Å². The van der Waals surface area contributed by atoms with Crippen LogP contribution in [-0.4, -0.2) is 27.4 Å². The van der Waals surface area contributed by atoms with Crippen LogP contribution >= 0.6 is 0 Å². The summed E-state index contributed by atoms with van der Waals surface area (Å²) in [4.78, 5) is 4.33. The van der Waals surface area contributed by atoms with Crippen molar-refractivity contribution < 1.29 is 0 Å². The fraction of sp³-hybridized carbons (Fsp3) is 0.833. The van der Waals surface area contributed by atoms with Gasteiger partial charge in [-0.3, -0.25) is 0 Å². The fourth-order valence-corrected chi connectivity index (χ4v) is 1.82. The first kappa shape index (κ1) is 11.6. The van der Waals surface area contributed by atoms with Gasteiger partial charge in [-0.25, -0.2) is 9.67 Å². The number of nitrogens with zero attached hydrogens (tertiary/aromatic N) is 3. The van der Waals surface area contributed by atoms with E-state index in [0.717, 1.165) is 37.8 Å². The molecule has 2 rings (SSSR count). The molecule has 0 aromatic carbocycles. The summed E-state index contributed by atoms with van der Waals surface area (Å²) >= 11 is 0. The quantitative estimate of drug-likeness (QED) is 0.713. The van der Waals surface area contributed by atoms with Gasteiger partial charge in [0.2, 0.25) is 0 Å². The Bertz CT molecular complexity index is 315. The van der Waals surface area contributed by atoms with Crippen LogP contribution < -0.4 is 5.32 Å². The second-order valence-corrected chi connectivity index (χ2v) is 5.08. The molecule has 1 aromatic heterocycles. The van der Waals surface area contributed by atoms with E-state index < -0.39 is 0 Å². The Morgan fingerprint density at radius 2 is 2.31 bits per heavy atom. The van der Waals surface area contributed by atoms with Gasteiger partial charge < -0.3 is 5.32 Å². The molecule has 1 fully saturated rings. The number of aryl methyl sites for hydroxylation is 1. The third-order valence-electron chi connectivity index (χ3n) is 2.82. The molecule has 4 heteroatoms. The maximum atomic E-state index is 4.33. The van der Waals surface area contributed by atoms with Crippen LogP contribution in [0.15, 0.2) is 6.33 Å². The summed E-state index contributed by atoms with van der Waals surface area (Å²) < 4.78 is 2.04. The summed E-state index contributed by atoms with van der Waals surface area (Å²) in [5.41, 5.74) is 0. The molecule has 90 valence electrons. The SMILES string of the molecule is CC(C)Cn1ncnc1CCCNC1CC1. The number of nitrogens with one attached hydrogen (secondary N) is 1. The van der Waals surface area contributed by atoms with Crippen molar-refractivity contribution in [1.82, 2.24) is 20.1 Å². The molecule has 1 aliphatic rings. The zero-order valence-corrected chi connectivity index (χ0v) is 10.3. The topological polar surface area (TPSA) is 42.7 Å². The third-order valence-corrected chi connectivity index (χ3v) is 2.82. The van der Waals surface area contributed by atoms with Crippen LogP contribution in [0.1, 0.15) is 38.9 Å². The van der Waals surface area contributed by atoms with Crippen LogP contribution in [0.2, 0.25) is 0 Å². The summed E-state index contributed by atoms with van der Waals surface area (Å²) in [5.74, 6) is 1.76. The molecular weight excluding hydrogens is 200 g/mol. The molecule has 0 amide bonds. The van der Waals surface area contributed by atoms with Gasteiger partial charge in [-0.2, -0.15) is 5.10 Å². The summed E-state index contributed by atoms with van der Waals surface area (Å²) in [6.07, 6.45) is 6.60. The molecule has 16 heavy (non-hydrogen) atoms. The van der Waals surface area contributed by atoms with E-state index in [2.05, 4.69) is 29.2 Å². The molecular formula is C12H22N4. The maximum absolute atomic E-state index is 4.33. The van der Waals surface area contributed by atoms with Crippen molar-refractivity contribution in [3.8, 4) is 0 Å². The van der Waals surface area contributed by atoms with E-state index in [0.29, 0.717) is 5.92 Å². The van der Waals surface area contributed by atoms with Crippen molar-refractivity contribution >= 4 is 0 Å². The molecule has 0 unspecified atom stereocenters. The minimum atomic E-state index is 0.630. The highest BCUT2D eigenvalue weighted by molar-refractivity contribution is 4.86. The minimum absolute atomic E-state index is 0.630. The van der Waals surface area contributed by atoms with Gasteiger partial charge in [-0.05, 0) is 31.7 Å². The highest BCUT2D eigenvalue weighted by Gasteiger charge is 2.19. The van der Waals surface area contributed by atoms with E-state index in [9.17, 15) is 0 Å². The highest BCUT2D eigenvalue weighted by atomic mass is 15.3. The number of rotatable bonds is 7. The van der Waals surface area contributed by atoms with Gasteiger partial charge in [0.15, 0.2) is 0 Å². The first-order valence-electron chi connectivity index (χ1n) is 6.36. The number of hydrogen-bond donors (Lipinski definition) is 1. The van der Waals surface area contributed by atoms with Crippen molar-refractivity contribution in [3.63, 3.8) is 0 Å². The van der Waals surface area contributed by atoms with Gasteiger partial charge in [0.05, 0.1) is 0 Å². The predicted molar refractivity (Wildman–Crippen MR) is 64.2 cm³/mol. The molecule has 0 spiro atoms. The molecule has 0 radical (unpaired) electrons. The van der Waals surface area contributed by atoms with Gasteiger partial charge in [-0.1, -0.05) is 13.8 Å². The summed E-state index contributed by atoms with van der Waals surface area (Å²) in [6, 6.07) is 0.813. The van der Waals surface area contributed by atoms with Crippen LogP contribution in [0.5, 0.6) is 0 Å². The summed E-state index contributed by atoms with van der Waals surface area (Å²) in [7, 11) is 0. The Hall–Kier alpha value is -0.900. The lowest BCUT2D eigenvalue weighted by molar-refractivity contribution is 0.462. The highest BCUT2D eigenvalue weighted by Crippen LogP contribution is 2.18. The Kier molecular flexibility index (Phi) is 3.93. The van der Waals surface area contributed by atoms with E-state index in [1.54, 1.807) is 6.33 Å². The van der Waals surface area contributed by atoms with Crippen molar-refractivity contribution in [2.75, 3.05) is 6.54 Å². The molecule has 0 aliphatic heterocycles. The van der Waals surface area contributed by atoms with Crippen molar-refractivity contribution in [1.29, 1.82) is 0 Å². The first-order valence-corrected chi connectivity index (χ1v) is 6.36. The second kappa shape index (κ2) is 5.43. The van der Waals surface area contributed by atoms with Gasteiger partial charge in [0.25, 0.3) is 0 Å². The lowest BCUT2D eigenvalue weighted by Gasteiger charge is -2.08. The van der Waals surface area contributed by atoms with Crippen LogP contribution in [0.4, 0.5) is 0 Å². The zero-order chi connectivity index (χ0) is 11.4. The monoisotopic (exact) mass is 222 g/mol. The molecule has 0 bridgehead atoms. The van der Waals surface area contributed by atoms with Crippen LogP contribution in [0, 0.1) is 5.92 Å². The Morgan fingerprint density at radius 1 is 1.50 bits per heavy atom. The van der Waals surface area contributed by atoms with Crippen molar-refractivity contribution in [2.45, 2.75) is 52.1 Å². The van der Waals surface area contributed by atoms with Crippen LogP contribution in [0.25, 0.3) is 0 Å². The van der Waals surface area contributed by atoms with Gasteiger partial charge in [0, 0.05) is 19.0 Å². The smallest absolute Gasteiger partial charge is 0.138 e. The zero-order valence-electron chi connectivity index (χ0n) is 10.3. The van der Waals surface area contributed by atoms with E-state index >= 15 is 0 Å². The maximum Gasteiger partial charge on any atom is 0.138 e.